The molecule has 1 aromatic carbocycles. The van der Waals surface area contributed by atoms with Crippen molar-refractivity contribution in [3.63, 3.8) is 0 Å². The lowest BCUT2D eigenvalue weighted by Gasteiger charge is -2.27. The smallest absolute Gasteiger partial charge is 0.282 e. The number of hydrogen-bond donors (Lipinski definition) is 1. The van der Waals surface area contributed by atoms with E-state index in [2.05, 4.69) is 21.3 Å². The Balaban J connectivity index is 0.00000231. The van der Waals surface area contributed by atoms with Gasteiger partial charge in [-0.3, -0.25) is 19.5 Å². The number of thioether (sulfide) groups is 1. The van der Waals surface area contributed by atoms with Gasteiger partial charge in [-0.15, -0.1) is 12.4 Å². The van der Waals surface area contributed by atoms with Gasteiger partial charge in [-0.1, -0.05) is 17.8 Å². The monoisotopic (exact) mass is 460 g/mol. The van der Waals surface area contributed by atoms with Crippen LogP contribution in [0.2, 0.25) is 0 Å². The molecule has 1 aromatic rings. The van der Waals surface area contributed by atoms with Gasteiger partial charge in [0.25, 0.3) is 11.1 Å². The van der Waals surface area contributed by atoms with Gasteiger partial charge in [0.1, 0.15) is 0 Å². The molecule has 164 valence electrons. The summed E-state index contributed by atoms with van der Waals surface area (Å²) in [4.78, 5) is 33.3. The van der Waals surface area contributed by atoms with Crippen LogP contribution in [0.25, 0.3) is 5.57 Å². The summed E-state index contributed by atoms with van der Waals surface area (Å²) in [6.45, 7) is 5.73. The quantitative estimate of drug-likeness (QED) is 0.684. The minimum absolute atomic E-state index is 0. The Bertz CT molecular complexity index is 972. The number of aliphatic imine (C=N–C) groups is 1. The largest absolute Gasteiger partial charge is 0.379 e. The average molecular weight is 461 g/mol. The molecule has 0 aliphatic carbocycles. The zero-order chi connectivity index (χ0) is 20.5. The van der Waals surface area contributed by atoms with Crippen LogP contribution in [0.3, 0.4) is 0 Å². The standard InChI is InChI=1S/C22H24N4O3S.ClH/c27-21-19(11-17-9-16(12-23-17)13-25-3-6-29-7-4-25)18-10-15(1-2-20(18)24-21)14-26-5-8-30-22(26)28;/h1-2,9-12,16H,3-8,13-14H2,(H,24,27);1H. The Morgan fingerprint density at radius 1 is 1.23 bits per heavy atom. The van der Waals surface area contributed by atoms with Crippen LogP contribution < -0.4 is 5.32 Å². The first kappa shape index (κ1) is 22.1. The molecule has 0 spiro atoms. The van der Waals surface area contributed by atoms with Gasteiger partial charge in [0.15, 0.2) is 0 Å². The van der Waals surface area contributed by atoms with Crippen molar-refractivity contribution < 1.29 is 14.3 Å². The van der Waals surface area contributed by atoms with E-state index in [-0.39, 0.29) is 29.5 Å². The van der Waals surface area contributed by atoms with E-state index in [9.17, 15) is 9.59 Å². The molecule has 0 saturated carbocycles. The average Bonchev–Trinajstić information content (AvgIpc) is 3.44. The van der Waals surface area contributed by atoms with E-state index in [4.69, 9.17) is 4.74 Å². The van der Waals surface area contributed by atoms with E-state index >= 15 is 0 Å². The van der Waals surface area contributed by atoms with Crippen LogP contribution in [0.5, 0.6) is 0 Å². The van der Waals surface area contributed by atoms with Crippen LogP contribution in [-0.2, 0) is 16.1 Å². The molecule has 1 N–H and O–H groups in total. The number of ether oxygens (including phenoxy) is 1. The van der Waals surface area contributed by atoms with Gasteiger partial charge in [0.2, 0.25) is 0 Å². The van der Waals surface area contributed by atoms with E-state index in [1.54, 1.807) is 0 Å². The number of rotatable bonds is 5. The molecule has 4 aliphatic heterocycles. The first-order chi connectivity index (χ1) is 14.7. The Morgan fingerprint density at radius 2 is 2.06 bits per heavy atom. The molecule has 5 rings (SSSR count). The van der Waals surface area contributed by atoms with Crippen molar-refractivity contribution >= 4 is 52.8 Å². The third-order valence-electron chi connectivity index (χ3n) is 5.75. The van der Waals surface area contributed by atoms with Crippen LogP contribution in [0, 0.1) is 5.92 Å². The number of hydrogen-bond acceptors (Lipinski definition) is 6. The number of nitrogens with zero attached hydrogens (tertiary/aromatic N) is 3. The van der Waals surface area contributed by atoms with E-state index in [0.29, 0.717) is 12.1 Å². The molecule has 7 nitrogen and oxygen atoms in total. The molecule has 0 bridgehead atoms. The van der Waals surface area contributed by atoms with Crippen LogP contribution in [0.1, 0.15) is 11.1 Å². The summed E-state index contributed by atoms with van der Waals surface area (Å²) in [5, 5.41) is 3.06. The van der Waals surface area contributed by atoms with Crippen molar-refractivity contribution in [3.05, 3.63) is 47.2 Å². The van der Waals surface area contributed by atoms with Gasteiger partial charge < -0.3 is 15.0 Å². The van der Waals surface area contributed by atoms with Crippen LogP contribution in [0.15, 0.2) is 41.0 Å². The number of benzene rings is 1. The lowest BCUT2D eigenvalue weighted by Crippen LogP contribution is -2.39. The Hall–Kier alpha value is -2.13. The van der Waals surface area contributed by atoms with Crippen LogP contribution in [0.4, 0.5) is 10.5 Å². The first-order valence-electron chi connectivity index (χ1n) is 10.3. The fraction of sp³-hybridized carbons (Fsp3) is 0.409. The minimum Gasteiger partial charge on any atom is -0.379 e. The third-order valence-corrected chi connectivity index (χ3v) is 6.64. The van der Waals surface area contributed by atoms with Crippen molar-refractivity contribution in [1.82, 2.24) is 9.80 Å². The summed E-state index contributed by atoms with van der Waals surface area (Å²) < 4.78 is 5.41. The van der Waals surface area contributed by atoms with Gasteiger partial charge >= 0.3 is 0 Å². The number of nitrogens with one attached hydrogen (secondary N) is 1. The molecule has 1 unspecified atom stereocenters. The second-order valence-electron chi connectivity index (χ2n) is 7.87. The lowest BCUT2D eigenvalue weighted by molar-refractivity contribution is -0.110. The molecule has 2 saturated heterocycles. The normalized spacial score (nSPS) is 24.4. The predicted molar refractivity (Wildman–Crippen MR) is 126 cm³/mol. The first-order valence-corrected chi connectivity index (χ1v) is 11.3. The van der Waals surface area contributed by atoms with Crippen LogP contribution >= 0.6 is 24.2 Å². The van der Waals surface area contributed by atoms with E-state index in [1.807, 2.05) is 35.4 Å². The zero-order valence-corrected chi connectivity index (χ0v) is 18.7. The summed E-state index contributed by atoms with van der Waals surface area (Å²) in [7, 11) is 0. The molecule has 0 aromatic heterocycles. The van der Waals surface area contributed by atoms with Gasteiger partial charge in [-0.2, -0.15) is 0 Å². The number of amides is 2. The highest BCUT2D eigenvalue weighted by Crippen LogP contribution is 2.34. The van der Waals surface area contributed by atoms with Gasteiger partial charge in [-0.25, -0.2) is 0 Å². The second kappa shape index (κ2) is 9.56. The van der Waals surface area contributed by atoms with Crippen molar-refractivity contribution in [3.8, 4) is 0 Å². The third kappa shape index (κ3) is 4.87. The summed E-state index contributed by atoms with van der Waals surface area (Å²) in [6.07, 6.45) is 5.96. The molecule has 0 radical (unpaired) electrons. The molecular weight excluding hydrogens is 436 g/mol. The molecule has 2 amide bonds. The summed E-state index contributed by atoms with van der Waals surface area (Å²) >= 11 is 1.36. The Kier molecular flexibility index (Phi) is 6.81. The highest BCUT2D eigenvalue weighted by molar-refractivity contribution is 8.13. The lowest BCUT2D eigenvalue weighted by atomic mass is 10.0. The fourth-order valence-electron chi connectivity index (χ4n) is 4.17. The minimum atomic E-state index is -0.109. The van der Waals surface area contributed by atoms with E-state index in [0.717, 1.165) is 67.7 Å². The van der Waals surface area contributed by atoms with Crippen molar-refractivity contribution in [1.29, 1.82) is 0 Å². The molecule has 4 heterocycles. The van der Waals surface area contributed by atoms with Gasteiger partial charge in [-0.05, 0) is 29.8 Å². The number of halogens is 1. The van der Waals surface area contributed by atoms with E-state index in [1.165, 1.54) is 11.8 Å². The Labute approximate surface area is 192 Å². The molecule has 2 fully saturated rings. The number of anilines is 1. The van der Waals surface area contributed by atoms with Crippen molar-refractivity contribution in [2.45, 2.75) is 6.54 Å². The molecular formula is C22H25ClN4O3S. The maximum Gasteiger partial charge on any atom is 0.282 e. The predicted octanol–water partition coefficient (Wildman–Crippen LogP) is 3.03. The highest BCUT2D eigenvalue weighted by Gasteiger charge is 2.27. The highest BCUT2D eigenvalue weighted by atomic mass is 35.5. The van der Waals surface area contributed by atoms with Crippen molar-refractivity contribution in [2.24, 2.45) is 10.9 Å². The number of carbonyl (C=O) groups excluding carboxylic acids is 2. The van der Waals surface area contributed by atoms with Crippen LogP contribution in [-0.4, -0.2) is 72.3 Å². The topological polar surface area (TPSA) is 74.2 Å². The fourth-order valence-corrected chi connectivity index (χ4v) is 4.99. The molecule has 4 aliphatic rings. The second-order valence-corrected chi connectivity index (χ2v) is 8.92. The number of carbonyl (C=O) groups is 2. The SMILES string of the molecule is Cl.O=C1Nc2ccc(CN3CCSC3=O)cc2C1=CC1=CC(CN2CCOCC2)C=N1. The molecule has 9 heteroatoms. The number of allylic oxidation sites excluding steroid dienone is 1. The maximum absolute atomic E-state index is 12.6. The maximum atomic E-state index is 12.6. The zero-order valence-electron chi connectivity index (χ0n) is 17.1. The summed E-state index contributed by atoms with van der Waals surface area (Å²) in [5.74, 6) is 0.985. The molecule has 31 heavy (non-hydrogen) atoms. The summed E-state index contributed by atoms with van der Waals surface area (Å²) in [5.41, 5.74) is 4.17. The van der Waals surface area contributed by atoms with Gasteiger partial charge in [0.05, 0.1) is 24.5 Å². The van der Waals surface area contributed by atoms with Crippen molar-refractivity contribution in [2.75, 3.05) is 50.5 Å². The summed E-state index contributed by atoms with van der Waals surface area (Å²) in [6, 6.07) is 5.91. The van der Waals surface area contributed by atoms with Gasteiger partial charge in [0, 0.05) is 61.9 Å². The molecule has 1 atom stereocenters. The Morgan fingerprint density at radius 3 is 2.84 bits per heavy atom. The number of morpholine rings is 1. The number of fused-ring (bicyclic) bond motifs is 1. The van der Waals surface area contributed by atoms with E-state index < -0.39 is 0 Å².